The molecule has 0 aliphatic heterocycles. The van der Waals surface area contributed by atoms with Gasteiger partial charge in [0.2, 0.25) is 11.8 Å². The molecule has 0 saturated heterocycles. The highest BCUT2D eigenvalue weighted by atomic mass is 19.1. The van der Waals surface area contributed by atoms with E-state index in [9.17, 15) is 9.18 Å². The molecule has 3 rings (SSSR count). The molecule has 22 heavy (non-hydrogen) atoms. The number of hydrogen-bond donors (Lipinski definition) is 2. The van der Waals surface area contributed by atoms with E-state index in [0.717, 1.165) is 0 Å². The predicted molar refractivity (Wildman–Crippen MR) is 78.6 cm³/mol. The van der Waals surface area contributed by atoms with Crippen LogP contribution in [0.15, 0.2) is 42.9 Å². The minimum absolute atomic E-state index is 0.251. The highest BCUT2D eigenvalue weighted by molar-refractivity contribution is 5.96. The van der Waals surface area contributed by atoms with Crippen molar-refractivity contribution in [2.24, 2.45) is 5.73 Å². The molecule has 3 aromatic rings. The normalized spacial score (nSPS) is 11.1. The Morgan fingerprint density at radius 3 is 3.00 bits per heavy atom. The van der Waals surface area contributed by atoms with Crippen LogP contribution in [0.2, 0.25) is 0 Å². The van der Waals surface area contributed by atoms with Crippen LogP contribution < -0.4 is 10.5 Å². The molecule has 0 radical (unpaired) electrons. The van der Waals surface area contributed by atoms with Gasteiger partial charge in [-0.15, -0.1) is 0 Å². The molecule has 0 aliphatic rings. The molecule has 1 amide bonds. The number of amides is 1. The van der Waals surface area contributed by atoms with Gasteiger partial charge in [-0.05, 0) is 18.2 Å². The number of carbonyl (C=O) groups is 1. The van der Waals surface area contributed by atoms with Gasteiger partial charge < -0.3 is 15.5 Å². The molecule has 0 saturated carbocycles. The Balaban J connectivity index is 2.05. The number of ether oxygens (including phenoxy) is 1. The zero-order chi connectivity index (χ0) is 15.5. The van der Waals surface area contributed by atoms with E-state index in [0.29, 0.717) is 22.3 Å². The minimum Gasteiger partial charge on any atom is -0.438 e. The highest BCUT2D eigenvalue weighted by Gasteiger charge is 2.12. The Bertz CT molecular complexity index is 873. The first-order valence-corrected chi connectivity index (χ1v) is 6.36. The lowest BCUT2D eigenvalue weighted by molar-refractivity contribution is -0.113. The SMILES string of the molecule is NC(=O)C=Cc1c[nH]c2ncnc(Oc3cccc(F)c3)c12. The van der Waals surface area contributed by atoms with Gasteiger partial charge in [-0.25, -0.2) is 14.4 Å². The summed E-state index contributed by atoms with van der Waals surface area (Å²) in [6.45, 7) is 0. The molecule has 0 fully saturated rings. The number of aromatic nitrogens is 3. The lowest BCUT2D eigenvalue weighted by atomic mass is 10.2. The smallest absolute Gasteiger partial charge is 0.241 e. The van der Waals surface area contributed by atoms with Gasteiger partial charge in [-0.1, -0.05) is 6.07 Å². The zero-order valence-corrected chi connectivity index (χ0v) is 11.3. The number of primary amides is 1. The first-order valence-electron chi connectivity index (χ1n) is 6.36. The van der Waals surface area contributed by atoms with Crippen LogP contribution in [0, 0.1) is 5.82 Å². The third-order valence-corrected chi connectivity index (χ3v) is 2.90. The van der Waals surface area contributed by atoms with Gasteiger partial charge in [-0.2, -0.15) is 0 Å². The first kappa shape index (κ1) is 13.7. The zero-order valence-electron chi connectivity index (χ0n) is 11.3. The molecule has 0 spiro atoms. The summed E-state index contributed by atoms with van der Waals surface area (Å²) in [5.74, 6) is -0.420. The number of fused-ring (bicyclic) bond motifs is 1. The van der Waals surface area contributed by atoms with E-state index in [1.807, 2.05) is 0 Å². The van der Waals surface area contributed by atoms with E-state index in [1.54, 1.807) is 12.3 Å². The number of H-pyrrole nitrogens is 1. The highest BCUT2D eigenvalue weighted by Crippen LogP contribution is 2.30. The quantitative estimate of drug-likeness (QED) is 0.723. The molecule has 2 heterocycles. The lowest BCUT2D eigenvalue weighted by Crippen LogP contribution is -2.05. The number of halogens is 1. The number of rotatable bonds is 4. The lowest BCUT2D eigenvalue weighted by Gasteiger charge is -2.06. The number of benzene rings is 1. The van der Waals surface area contributed by atoms with Gasteiger partial charge in [0.05, 0.1) is 5.39 Å². The van der Waals surface area contributed by atoms with Crippen LogP contribution in [0.5, 0.6) is 11.6 Å². The maximum Gasteiger partial charge on any atom is 0.241 e. The fourth-order valence-electron chi connectivity index (χ4n) is 1.98. The summed E-state index contributed by atoms with van der Waals surface area (Å²) in [5.41, 5.74) is 6.26. The number of aromatic amines is 1. The van der Waals surface area contributed by atoms with Crippen molar-refractivity contribution in [1.82, 2.24) is 15.0 Å². The molecular formula is C15H11FN4O2. The van der Waals surface area contributed by atoms with Gasteiger partial charge in [-0.3, -0.25) is 4.79 Å². The first-order chi connectivity index (χ1) is 10.6. The third kappa shape index (κ3) is 2.78. The van der Waals surface area contributed by atoms with Crippen LogP contribution in [0.25, 0.3) is 17.1 Å². The summed E-state index contributed by atoms with van der Waals surface area (Å²) in [7, 11) is 0. The van der Waals surface area contributed by atoms with Crippen LogP contribution >= 0.6 is 0 Å². The minimum atomic E-state index is -0.571. The van der Waals surface area contributed by atoms with Gasteiger partial charge in [0, 0.05) is 23.9 Å². The van der Waals surface area contributed by atoms with Gasteiger partial charge in [0.25, 0.3) is 0 Å². The van der Waals surface area contributed by atoms with Crippen molar-refractivity contribution in [1.29, 1.82) is 0 Å². The summed E-state index contributed by atoms with van der Waals surface area (Å²) >= 11 is 0. The second-order valence-corrected chi connectivity index (χ2v) is 4.44. The maximum atomic E-state index is 13.2. The summed E-state index contributed by atoms with van der Waals surface area (Å²) in [4.78, 5) is 21.9. The number of nitrogens with zero attached hydrogens (tertiary/aromatic N) is 2. The molecule has 3 N–H and O–H groups in total. The number of nitrogens with two attached hydrogens (primary N) is 1. The number of carbonyl (C=O) groups excluding carboxylic acids is 1. The monoisotopic (exact) mass is 298 g/mol. The van der Waals surface area contributed by atoms with Crippen LogP contribution in [0.4, 0.5) is 4.39 Å². The van der Waals surface area contributed by atoms with Crippen LogP contribution in [0.1, 0.15) is 5.56 Å². The fourth-order valence-corrected chi connectivity index (χ4v) is 1.98. The Hall–Kier alpha value is -3.22. The summed E-state index contributed by atoms with van der Waals surface area (Å²) in [6.07, 6.45) is 5.73. The van der Waals surface area contributed by atoms with Crippen molar-refractivity contribution in [3.8, 4) is 11.6 Å². The fraction of sp³-hybridized carbons (Fsp3) is 0. The van der Waals surface area contributed by atoms with E-state index >= 15 is 0 Å². The largest absolute Gasteiger partial charge is 0.438 e. The maximum absolute atomic E-state index is 13.2. The van der Waals surface area contributed by atoms with E-state index in [-0.39, 0.29) is 5.88 Å². The molecule has 2 aromatic heterocycles. The second kappa shape index (κ2) is 5.65. The van der Waals surface area contributed by atoms with Gasteiger partial charge in [0.1, 0.15) is 23.5 Å². The molecule has 1 aromatic carbocycles. The average molecular weight is 298 g/mol. The Morgan fingerprint density at radius 2 is 2.23 bits per heavy atom. The van der Waals surface area contributed by atoms with Crippen LogP contribution in [-0.2, 0) is 4.79 Å². The van der Waals surface area contributed by atoms with Crippen molar-refractivity contribution in [3.63, 3.8) is 0 Å². The Kier molecular flexibility index (Phi) is 3.53. The standard InChI is InChI=1S/C15H11FN4O2/c16-10-2-1-3-11(6-10)22-15-13-9(4-5-12(17)21)7-18-14(13)19-8-20-15/h1-8H,(H2,17,21)(H,18,19,20). The number of nitrogens with one attached hydrogen (secondary N) is 1. The summed E-state index contributed by atoms with van der Waals surface area (Å²) in [6, 6.07) is 5.72. The van der Waals surface area contributed by atoms with Crippen molar-refractivity contribution in [2.75, 3.05) is 0 Å². The van der Waals surface area contributed by atoms with Crippen molar-refractivity contribution in [2.45, 2.75) is 0 Å². The van der Waals surface area contributed by atoms with Crippen LogP contribution in [0.3, 0.4) is 0 Å². The molecule has 0 bridgehead atoms. The van der Waals surface area contributed by atoms with Gasteiger partial charge in [0.15, 0.2) is 0 Å². The van der Waals surface area contributed by atoms with Crippen molar-refractivity contribution < 1.29 is 13.9 Å². The molecule has 0 atom stereocenters. The molecule has 0 aliphatic carbocycles. The number of hydrogen-bond acceptors (Lipinski definition) is 4. The van der Waals surface area contributed by atoms with Gasteiger partial charge >= 0.3 is 0 Å². The summed E-state index contributed by atoms with van der Waals surface area (Å²) in [5, 5.41) is 0.573. The van der Waals surface area contributed by atoms with E-state index in [1.165, 1.54) is 36.7 Å². The third-order valence-electron chi connectivity index (χ3n) is 2.90. The molecule has 7 heteroatoms. The van der Waals surface area contributed by atoms with Crippen molar-refractivity contribution in [3.05, 3.63) is 54.2 Å². The van der Waals surface area contributed by atoms with Crippen molar-refractivity contribution >= 4 is 23.0 Å². The molecule has 0 unspecified atom stereocenters. The predicted octanol–water partition coefficient (Wildman–Crippen LogP) is 2.39. The Morgan fingerprint density at radius 1 is 1.36 bits per heavy atom. The average Bonchev–Trinajstić information content (AvgIpc) is 2.89. The van der Waals surface area contributed by atoms with Crippen LogP contribution in [-0.4, -0.2) is 20.9 Å². The molecule has 110 valence electrons. The topological polar surface area (TPSA) is 93.9 Å². The van der Waals surface area contributed by atoms with E-state index in [2.05, 4.69) is 15.0 Å². The van der Waals surface area contributed by atoms with E-state index in [4.69, 9.17) is 10.5 Å². The summed E-state index contributed by atoms with van der Waals surface area (Å²) < 4.78 is 18.8. The Labute approximate surface area is 124 Å². The second-order valence-electron chi connectivity index (χ2n) is 4.44. The molecule has 6 nitrogen and oxygen atoms in total. The van der Waals surface area contributed by atoms with E-state index < -0.39 is 11.7 Å². The molecular weight excluding hydrogens is 287 g/mol.